The van der Waals surface area contributed by atoms with Gasteiger partial charge in [0.15, 0.2) is 0 Å². The number of hydrogen-bond acceptors (Lipinski definition) is 3. The van der Waals surface area contributed by atoms with E-state index in [2.05, 4.69) is 37.4 Å². The van der Waals surface area contributed by atoms with Gasteiger partial charge in [0.2, 0.25) is 0 Å². The lowest BCUT2D eigenvalue weighted by Crippen LogP contribution is -2.41. The Morgan fingerprint density at radius 3 is 2.56 bits per heavy atom. The highest BCUT2D eigenvalue weighted by molar-refractivity contribution is 8.07. The summed E-state index contributed by atoms with van der Waals surface area (Å²) in [7, 11) is 0. The molecule has 3 heteroatoms. The van der Waals surface area contributed by atoms with Crippen LogP contribution >= 0.6 is 23.5 Å². The number of nitrogens with two attached hydrogens (primary N) is 1. The molecule has 2 N–H and O–H groups in total. The van der Waals surface area contributed by atoms with Gasteiger partial charge in [-0.3, -0.25) is 0 Å². The molecule has 1 nitrogen and oxygen atoms in total. The molecule has 0 radical (unpaired) electrons. The van der Waals surface area contributed by atoms with Crippen LogP contribution in [0.1, 0.15) is 52.4 Å². The van der Waals surface area contributed by atoms with Crippen molar-refractivity contribution in [2.24, 2.45) is 5.73 Å². The minimum absolute atomic E-state index is 0.430. The quantitative estimate of drug-likeness (QED) is 0.704. The number of hydrogen-bond donors (Lipinski definition) is 1. The highest BCUT2D eigenvalue weighted by atomic mass is 32.2. The first-order chi connectivity index (χ1) is 7.79. The maximum absolute atomic E-state index is 6.36. The molecule has 0 saturated carbocycles. The molecular formula is C13H27NS2. The molecule has 0 aromatic carbocycles. The van der Waals surface area contributed by atoms with Gasteiger partial charge in [-0.2, -0.15) is 23.5 Å². The second-order valence-electron chi connectivity index (χ2n) is 4.67. The van der Waals surface area contributed by atoms with Crippen LogP contribution in [0.25, 0.3) is 0 Å². The third-order valence-electron chi connectivity index (χ3n) is 3.31. The van der Waals surface area contributed by atoms with Crippen LogP contribution in [-0.4, -0.2) is 28.0 Å². The van der Waals surface area contributed by atoms with Gasteiger partial charge in [-0.25, -0.2) is 0 Å². The molecule has 0 spiro atoms. The van der Waals surface area contributed by atoms with E-state index in [0.717, 1.165) is 5.25 Å². The Morgan fingerprint density at radius 2 is 1.88 bits per heavy atom. The average Bonchev–Trinajstić information content (AvgIpc) is 2.34. The summed E-state index contributed by atoms with van der Waals surface area (Å²) in [4.78, 5) is 0. The highest BCUT2D eigenvalue weighted by Crippen LogP contribution is 2.35. The average molecular weight is 262 g/mol. The first-order valence-corrected chi connectivity index (χ1v) is 8.88. The van der Waals surface area contributed by atoms with Crippen molar-refractivity contribution in [2.75, 3.05) is 11.5 Å². The summed E-state index contributed by atoms with van der Waals surface area (Å²) in [5.41, 5.74) is 6.36. The third-order valence-corrected chi connectivity index (χ3v) is 6.74. The molecule has 1 fully saturated rings. The molecule has 1 aliphatic heterocycles. The van der Waals surface area contributed by atoms with Gasteiger partial charge in [0.25, 0.3) is 0 Å². The summed E-state index contributed by atoms with van der Waals surface area (Å²) in [6, 6.07) is 0.430. The van der Waals surface area contributed by atoms with E-state index in [-0.39, 0.29) is 0 Å². The van der Waals surface area contributed by atoms with Gasteiger partial charge >= 0.3 is 0 Å². The predicted molar refractivity (Wildman–Crippen MR) is 79.5 cm³/mol. The molecule has 1 heterocycles. The van der Waals surface area contributed by atoms with Crippen LogP contribution in [0.4, 0.5) is 0 Å². The fraction of sp³-hybridized carbons (Fsp3) is 1.00. The van der Waals surface area contributed by atoms with Crippen LogP contribution in [0.5, 0.6) is 0 Å². The Bertz CT molecular complexity index is 175. The van der Waals surface area contributed by atoms with Gasteiger partial charge in [0.1, 0.15) is 0 Å². The van der Waals surface area contributed by atoms with Crippen LogP contribution in [0, 0.1) is 0 Å². The van der Waals surface area contributed by atoms with Crippen molar-refractivity contribution in [2.45, 2.75) is 68.9 Å². The monoisotopic (exact) mass is 261 g/mol. The van der Waals surface area contributed by atoms with Crippen molar-refractivity contribution in [1.82, 2.24) is 0 Å². The molecule has 0 aliphatic carbocycles. The highest BCUT2D eigenvalue weighted by Gasteiger charge is 2.29. The van der Waals surface area contributed by atoms with Crippen molar-refractivity contribution < 1.29 is 0 Å². The summed E-state index contributed by atoms with van der Waals surface area (Å²) in [6.07, 6.45) is 7.90. The molecule has 96 valence electrons. The van der Waals surface area contributed by atoms with Gasteiger partial charge < -0.3 is 5.73 Å². The molecule has 0 bridgehead atoms. The molecule has 3 atom stereocenters. The minimum atomic E-state index is 0.430. The summed E-state index contributed by atoms with van der Waals surface area (Å²) in [6.45, 7) is 4.57. The largest absolute Gasteiger partial charge is 0.327 e. The van der Waals surface area contributed by atoms with Crippen LogP contribution in [0.15, 0.2) is 0 Å². The maximum Gasteiger partial charge on any atom is 0.0317 e. The zero-order chi connectivity index (χ0) is 11.8. The molecule has 3 unspecified atom stereocenters. The molecule has 0 aromatic heterocycles. The normalized spacial score (nSPS) is 27.9. The van der Waals surface area contributed by atoms with E-state index in [9.17, 15) is 0 Å². The van der Waals surface area contributed by atoms with E-state index in [1.54, 1.807) is 0 Å². The lowest BCUT2D eigenvalue weighted by molar-refractivity contribution is 0.519. The van der Waals surface area contributed by atoms with Gasteiger partial charge in [-0.05, 0) is 12.8 Å². The standard InChI is InChI=1S/C13H27NS2/c1-3-5-6-7-8-11(14)13-12(4-2)15-9-10-16-13/h11-13H,3-10,14H2,1-2H3. The van der Waals surface area contributed by atoms with E-state index in [4.69, 9.17) is 5.73 Å². The summed E-state index contributed by atoms with van der Waals surface area (Å²) >= 11 is 4.26. The smallest absolute Gasteiger partial charge is 0.0317 e. The Kier molecular flexibility index (Phi) is 8.01. The second-order valence-corrected chi connectivity index (χ2v) is 7.30. The Balaban J connectivity index is 2.24. The second kappa shape index (κ2) is 8.71. The molecule has 1 saturated heterocycles. The topological polar surface area (TPSA) is 26.0 Å². The molecule has 16 heavy (non-hydrogen) atoms. The molecular weight excluding hydrogens is 234 g/mol. The van der Waals surface area contributed by atoms with E-state index in [1.165, 1.54) is 50.0 Å². The number of unbranched alkanes of at least 4 members (excludes halogenated alkanes) is 3. The maximum atomic E-state index is 6.36. The Hall–Kier alpha value is 0.660. The zero-order valence-corrected chi connectivity index (χ0v) is 12.4. The first-order valence-electron chi connectivity index (χ1n) is 6.78. The van der Waals surface area contributed by atoms with E-state index < -0.39 is 0 Å². The first kappa shape index (κ1) is 14.7. The third kappa shape index (κ3) is 4.89. The lowest BCUT2D eigenvalue weighted by Gasteiger charge is -2.34. The van der Waals surface area contributed by atoms with Gasteiger partial charge in [-0.15, -0.1) is 0 Å². The summed E-state index contributed by atoms with van der Waals surface area (Å²) in [5, 5.41) is 1.52. The van der Waals surface area contributed by atoms with E-state index in [0.29, 0.717) is 11.3 Å². The van der Waals surface area contributed by atoms with Crippen molar-refractivity contribution in [3.8, 4) is 0 Å². The van der Waals surface area contributed by atoms with Gasteiger partial charge in [0, 0.05) is 28.0 Å². The van der Waals surface area contributed by atoms with Crippen LogP contribution in [0.2, 0.25) is 0 Å². The summed E-state index contributed by atoms with van der Waals surface area (Å²) in [5.74, 6) is 2.62. The Labute approximate surface area is 110 Å². The van der Waals surface area contributed by atoms with Crippen molar-refractivity contribution in [3.63, 3.8) is 0 Å². The van der Waals surface area contributed by atoms with Crippen LogP contribution in [-0.2, 0) is 0 Å². The van der Waals surface area contributed by atoms with Crippen molar-refractivity contribution in [3.05, 3.63) is 0 Å². The molecule has 1 aliphatic rings. The lowest BCUT2D eigenvalue weighted by atomic mass is 10.0. The molecule has 1 rings (SSSR count). The van der Waals surface area contributed by atoms with E-state index in [1.807, 2.05) is 0 Å². The van der Waals surface area contributed by atoms with Crippen LogP contribution in [0.3, 0.4) is 0 Å². The zero-order valence-electron chi connectivity index (χ0n) is 10.8. The fourth-order valence-corrected chi connectivity index (χ4v) is 5.54. The van der Waals surface area contributed by atoms with Crippen molar-refractivity contribution >= 4 is 23.5 Å². The van der Waals surface area contributed by atoms with Gasteiger partial charge in [0.05, 0.1) is 0 Å². The Morgan fingerprint density at radius 1 is 1.12 bits per heavy atom. The van der Waals surface area contributed by atoms with E-state index >= 15 is 0 Å². The minimum Gasteiger partial charge on any atom is -0.327 e. The molecule has 0 aromatic rings. The van der Waals surface area contributed by atoms with Crippen LogP contribution < -0.4 is 5.73 Å². The SMILES string of the molecule is CCCCCCC(N)C1SCCSC1CC. The number of rotatable bonds is 7. The predicted octanol–water partition coefficient (Wildman–Crippen LogP) is 3.91. The van der Waals surface area contributed by atoms with Crippen molar-refractivity contribution in [1.29, 1.82) is 0 Å². The molecule has 0 amide bonds. The fourth-order valence-electron chi connectivity index (χ4n) is 2.31. The number of thioether (sulfide) groups is 2. The summed E-state index contributed by atoms with van der Waals surface area (Å²) < 4.78 is 0. The van der Waals surface area contributed by atoms with Gasteiger partial charge in [-0.1, -0.05) is 39.5 Å².